The molecule has 0 saturated carbocycles. The maximum absolute atomic E-state index is 14.7. The second kappa shape index (κ2) is 61.5. The van der Waals surface area contributed by atoms with Crippen molar-refractivity contribution in [1.82, 2.24) is 90.0 Å². The number of carboxylic acids is 2. The van der Waals surface area contributed by atoms with E-state index in [0.717, 1.165) is 18.7 Å². The van der Waals surface area contributed by atoms with E-state index in [9.17, 15) is 137 Å². The van der Waals surface area contributed by atoms with Crippen LogP contribution in [0.3, 0.4) is 0 Å². The van der Waals surface area contributed by atoms with Crippen LogP contribution in [0.15, 0.2) is 84.9 Å². The first-order valence-electron chi connectivity index (χ1n) is 46.4. The van der Waals surface area contributed by atoms with Gasteiger partial charge in [-0.2, -0.15) is 11.8 Å². The Bertz CT molecular complexity index is 4690. The lowest BCUT2D eigenvalue weighted by Crippen LogP contribution is -2.63. The molecule has 48 nitrogen and oxygen atoms in total. The molecular weight excluding hydrogens is 1870 g/mol. The lowest BCUT2D eigenvalue weighted by Gasteiger charge is -2.32. The zero-order valence-electron chi connectivity index (χ0n) is 80.7. The summed E-state index contributed by atoms with van der Waals surface area (Å²) in [7, 11) is 0. The van der Waals surface area contributed by atoms with E-state index in [4.69, 9.17) is 17.2 Å². The van der Waals surface area contributed by atoms with Crippen LogP contribution in [0, 0.1) is 17.8 Å². The number of aliphatic hydroxyl groups excluding tert-OH is 5. The van der Waals surface area contributed by atoms with Crippen LogP contribution in [0.1, 0.15) is 156 Å². The molecule has 782 valence electrons. The Labute approximate surface area is 820 Å². The Morgan fingerprint density at radius 2 is 0.801 bits per heavy atom. The number of nitrogens with one attached hydrogen (secondary N) is 16. The highest BCUT2D eigenvalue weighted by atomic mass is 32.2. The van der Waals surface area contributed by atoms with E-state index in [1.165, 1.54) is 30.8 Å². The Hall–Kier alpha value is -13.1. The lowest BCUT2D eigenvalue weighted by molar-refractivity contribution is -0.145. The molecule has 1 aliphatic heterocycles. The van der Waals surface area contributed by atoms with E-state index in [-0.39, 0.29) is 107 Å². The van der Waals surface area contributed by atoms with E-state index in [0.29, 0.717) is 16.7 Å². The van der Waals surface area contributed by atoms with E-state index in [2.05, 4.69) is 85.1 Å². The largest absolute Gasteiger partial charge is 0.508 e. The number of carboxylic acid groups (broad SMARTS) is 2. The van der Waals surface area contributed by atoms with Crippen molar-refractivity contribution in [2.75, 3.05) is 51.4 Å². The van der Waals surface area contributed by atoms with Gasteiger partial charge < -0.3 is 148 Å². The third kappa shape index (κ3) is 42.5. The summed E-state index contributed by atoms with van der Waals surface area (Å²) >= 11 is 1.24. The van der Waals surface area contributed by atoms with E-state index >= 15 is 0 Å². The lowest BCUT2D eigenvalue weighted by atomic mass is 9.98. The minimum Gasteiger partial charge on any atom is -0.508 e. The predicted molar refractivity (Wildman–Crippen MR) is 510 cm³/mol. The summed E-state index contributed by atoms with van der Waals surface area (Å²) in [5.41, 5.74) is 19.0. The number of hydrogen-bond acceptors (Lipinski definition) is 29. The molecule has 1 fully saturated rings. The van der Waals surface area contributed by atoms with Crippen molar-refractivity contribution >= 4 is 130 Å². The quantitative estimate of drug-likeness (QED) is 0.0234. The topological polar surface area (TPSA) is 777 Å². The molecule has 0 bridgehead atoms. The SMILES string of the molecule is CSCC[C@H](NC(=O)[C@H](Cc1ccccc1)NC(=O)CNC(=O)CNC(=O)[C@@H](N)Cc1ccc(O)cc1)C(=O)N[C@H](C(=O)N[C@@H](CO)C(=O)N[C@@H](CCC(=O)O)C(=O)N[C@@H](CCCCN)C(=O)N[C@@H](CO)C(=O)N[C@@H](CCC(N)=O)C(=O)N[C@H](C(=O)N1CCC[C@H]1C(=O)N[C@@H](CC(C)C)C(=O)N[C@H](C(=O)N[C@H](C(=O)N[C@@H](CC(C)C)C(=O)N[C@@H](Cc1ccccc1)C(=O)O)[C@@H](C)O)C(C)C)[C@@H](C)O)[C@@H](C)O. The molecule has 49 heteroatoms. The van der Waals surface area contributed by atoms with Gasteiger partial charge in [0.1, 0.15) is 96.4 Å². The van der Waals surface area contributed by atoms with E-state index in [1.54, 1.807) is 121 Å². The van der Waals surface area contributed by atoms with Gasteiger partial charge in [0.05, 0.1) is 50.7 Å². The van der Waals surface area contributed by atoms with Crippen LogP contribution in [0.2, 0.25) is 0 Å². The first-order valence-corrected chi connectivity index (χ1v) is 47.8. The molecule has 0 spiro atoms. The van der Waals surface area contributed by atoms with Gasteiger partial charge in [-0.05, 0) is 157 Å². The fraction of sp³-hybridized carbons (Fsp3) is 0.587. The standard InChI is InChI=1S/C92H140N20O28S/c1-47(2)38-62(82(129)105-65(92(139)140)42-54-22-15-12-16-23-54)104-89(136)75(51(8)116)110-88(135)73(49(5)6)108-84(131)63(39-48(3)4)103-87(134)68-25-19-36-112(68)91(138)76(52(9)117)111-80(127)59(30-32-69(95)119)100-85(132)66(45-113)106-78(125)58(24-17-18-35-93)99-79(126)60(31-33-72(122)123)101-86(133)67(46-114)107-90(137)74(50(7)115)109-81(128)61(34-37-141-10)102-83(130)64(41-53-20-13-11-14-21-53)98-71(121)44-96-70(120)43-97-77(124)57(94)40-55-26-28-56(118)29-27-55/h11-16,20-23,26-29,47-52,57-68,73-76,113-118H,17-19,24-25,30-46,93-94H2,1-10H3,(H2,95,119)(H,96,120)(H,97,124)(H,98,121)(H,99,126)(H,100,132)(H,101,133)(H,102,130)(H,103,134)(H,104,136)(H,105,129)(H,106,125)(H,107,137)(H,108,131)(H,109,128)(H,110,135)(H,111,127)(H,122,123)(H,139,140)/t50-,51-,52-,57+,58+,59+,60+,61+,62+,63+,64+,65+,66+,67+,68+,73+,74+,75+,76+/m1/s1. The van der Waals surface area contributed by atoms with E-state index < -0.39 is 291 Å². The molecule has 1 aliphatic rings. The number of aliphatic hydroxyl groups is 5. The van der Waals surface area contributed by atoms with Crippen molar-refractivity contribution in [3.63, 3.8) is 0 Å². The molecule has 0 radical (unpaired) electrons. The minimum absolute atomic E-state index is 0.000519. The Balaban J connectivity index is 1.48. The maximum atomic E-state index is 14.7. The predicted octanol–water partition coefficient (Wildman–Crippen LogP) is -7.27. The molecule has 0 aromatic heterocycles. The molecule has 19 atom stereocenters. The van der Waals surface area contributed by atoms with Crippen LogP contribution in [0.4, 0.5) is 0 Å². The van der Waals surface area contributed by atoms with Gasteiger partial charge in [0.25, 0.3) is 0 Å². The van der Waals surface area contributed by atoms with Gasteiger partial charge in [-0.1, -0.05) is 114 Å². The zero-order chi connectivity index (χ0) is 106. The van der Waals surface area contributed by atoms with Crippen LogP contribution in [0.25, 0.3) is 0 Å². The number of nitrogens with zero attached hydrogens (tertiary/aromatic N) is 1. The monoisotopic (exact) mass is 2000 g/mol. The molecule has 30 N–H and O–H groups in total. The smallest absolute Gasteiger partial charge is 0.326 e. The van der Waals surface area contributed by atoms with Gasteiger partial charge in [-0.15, -0.1) is 0 Å². The third-order valence-electron chi connectivity index (χ3n) is 22.4. The number of nitrogens with two attached hydrogens (primary N) is 3. The third-order valence-corrected chi connectivity index (χ3v) is 23.1. The van der Waals surface area contributed by atoms with Crippen LogP contribution in [-0.4, -0.2) is 330 Å². The molecule has 0 aliphatic carbocycles. The molecule has 4 rings (SSSR count). The van der Waals surface area contributed by atoms with Crippen molar-refractivity contribution in [3.8, 4) is 5.75 Å². The number of rotatable bonds is 63. The highest BCUT2D eigenvalue weighted by Crippen LogP contribution is 2.23. The Morgan fingerprint density at radius 3 is 1.27 bits per heavy atom. The molecule has 18 amide bonds. The number of aromatic hydroxyl groups is 1. The van der Waals surface area contributed by atoms with Crippen molar-refractivity contribution in [2.24, 2.45) is 35.0 Å². The first-order chi connectivity index (χ1) is 66.5. The average molecular weight is 2010 g/mol. The van der Waals surface area contributed by atoms with Crippen LogP contribution < -0.4 is 102 Å². The number of thioether (sulfide) groups is 1. The number of carbonyl (C=O) groups is 20. The van der Waals surface area contributed by atoms with Crippen molar-refractivity contribution in [3.05, 3.63) is 102 Å². The summed E-state index contributed by atoms with van der Waals surface area (Å²) in [6.07, 6.45) is -6.79. The summed E-state index contributed by atoms with van der Waals surface area (Å²) in [5.74, 6) is -23.0. The number of phenolic OH excluding ortho intramolecular Hbond substituents is 1. The van der Waals surface area contributed by atoms with Gasteiger partial charge in [0.2, 0.25) is 106 Å². The number of benzene rings is 3. The number of phenols is 1. The fourth-order valence-electron chi connectivity index (χ4n) is 14.7. The molecule has 3 aromatic carbocycles. The number of carbonyl (C=O) groups excluding carboxylic acids is 18. The summed E-state index contributed by atoms with van der Waals surface area (Å²) < 4.78 is 0. The van der Waals surface area contributed by atoms with E-state index in [1.807, 2.05) is 0 Å². The number of hydrogen-bond donors (Lipinski definition) is 27. The molecular formula is C92H140N20O28S. The molecule has 3 aromatic rings. The molecule has 141 heavy (non-hydrogen) atoms. The van der Waals surface area contributed by atoms with Crippen LogP contribution in [0.5, 0.6) is 5.75 Å². The summed E-state index contributed by atoms with van der Waals surface area (Å²) in [6, 6.07) is -3.78. The Morgan fingerprint density at radius 1 is 0.411 bits per heavy atom. The number of likely N-dealkylation sites (tertiary alicyclic amines) is 1. The fourth-order valence-corrected chi connectivity index (χ4v) is 15.1. The minimum atomic E-state index is -2.07. The molecule has 1 heterocycles. The summed E-state index contributed by atoms with van der Waals surface area (Å²) in [5, 5.41) is 122. The van der Waals surface area contributed by atoms with Crippen molar-refractivity contribution < 1.29 is 137 Å². The van der Waals surface area contributed by atoms with Gasteiger partial charge in [0.15, 0.2) is 0 Å². The van der Waals surface area contributed by atoms with Gasteiger partial charge in [0, 0.05) is 32.2 Å². The average Bonchev–Trinajstić information content (AvgIpc) is 1.81. The van der Waals surface area contributed by atoms with Gasteiger partial charge >= 0.3 is 11.9 Å². The number of amides is 18. The van der Waals surface area contributed by atoms with Gasteiger partial charge in [-0.3, -0.25) is 91.1 Å². The summed E-state index contributed by atoms with van der Waals surface area (Å²) in [6.45, 7) is 9.39. The molecule has 1 saturated heterocycles. The number of aliphatic carboxylic acids is 2. The Kier molecular flexibility index (Phi) is 52.4. The van der Waals surface area contributed by atoms with Crippen molar-refractivity contribution in [1.29, 1.82) is 0 Å². The zero-order valence-corrected chi connectivity index (χ0v) is 81.5. The normalized spacial score (nSPS) is 16.2. The first kappa shape index (κ1) is 120. The van der Waals surface area contributed by atoms with Crippen molar-refractivity contribution in [2.45, 2.75) is 274 Å². The number of unbranched alkanes of at least 4 members (excludes halogenated alkanes) is 1. The van der Waals surface area contributed by atoms with Crippen LogP contribution >= 0.6 is 11.8 Å². The maximum Gasteiger partial charge on any atom is 0.326 e. The second-order valence-electron chi connectivity index (χ2n) is 35.6. The van der Waals surface area contributed by atoms with Crippen LogP contribution in [-0.2, 0) is 115 Å². The second-order valence-corrected chi connectivity index (χ2v) is 36.6. The van der Waals surface area contributed by atoms with Gasteiger partial charge in [-0.25, -0.2) is 4.79 Å². The molecule has 0 unspecified atom stereocenters. The number of primary amides is 1. The highest BCUT2D eigenvalue weighted by Gasteiger charge is 2.44. The highest BCUT2D eigenvalue weighted by molar-refractivity contribution is 7.98. The summed E-state index contributed by atoms with van der Waals surface area (Å²) in [4.78, 5) is 276.